The summed E-state index contributed by atoms with van der Waals surface area (Å²) in [5, 5.41) is 0. The molecule has 2 saturated heterocycles. The lowest BCUT2D eigenvalue weighted by molar-refractivity contribution is -0.0367. The van der Waals surface area contributed by atoms with Crippen molar-refractivity contribution in [3.05, 3.63) is 0 Å². The quantitative estimate of drug-likeness (QED) is 0.777. The van der Waals surface area contributed by atoms with Gasteiger partial charge in [-0.05, 0) is 38.7 Å². The molecule has 2 aliphatic rings. The maximum absolute atomic E-state index is 6.17. The Bertz CT molecular complexity index is 219. The summed E-state index contributed by atoms with van der Waals surface area (Å²) in [6.07, 6.45) is 3.66. The third-order valence-corrected chi connectivity index (χ3v) is 6.45. The number of hydrogen-bond donors (Lipinski definition) is 0. The molecule has 0 aromatic carbocycles. The van der Waals surface area contributed by atoms with Crippen LogP contribution in [0, 0.1) is 0 Å². The third kappa shape index (κ3) is 3.31. The number of hydrogen-bond acceptors (Lipinski definition) is 4. The van der Waals surface area contributed by atoms with Gasteiger partial charge in [0.25, 0.3) is 0 Å². The van der Waals surface area contributed by atoms with E-state index in [2.05, 4.69) is 44.3 Å². The number of ether oxygens (including phenoxy) is 2. The highest BCUT2D eigenvalue weighted by Crippen LogP contribution is 2.35. The second kappa shape index (κ2) is 5.98. The molecule has 0 radical (unpaired) electrons. The van der Waals surface area contributed by atoms with Crippen molar-refractivity contribution >= 4 is 23.5 Å². The lowest BCUT2D eigenvalue weighted by Crippen LogP contribution is -2.32. The predicted octanol–water partition coefficient (Wildman–Crippen LogP) is 3.15. The average molecular weight is 262 g/mol. The molecule has 0 spiro atoms. The Morgan fingerprint density at radius 2 is 1.94 bits per heavy atom. The van der Waals surface area contributed by atoms with Gasteiger partial charge in [0.2, 0.25) is 0 Å². The summed E-state index contributed by atoms with van der Waals surface area (Å²) < 4.78 is 12.5. The highest BCUT2D eigenvalue weighted by atomic mass is 32.2. The van der Waals surface area contributed by atoms with Crippen LogP contribution in [0.3, 0.4) is 0 Å². The third-order valence-electron chi connectivity index (χ3n) is 3.16. The fourth-order valence-corrected chi connectivity index (χ4v) is 5.21. The van der Waals surface area contributed by atoms with Crippen LogP contribution in [0.4, 0.5) is 0 Å². The molecule has 0 N–H and O–H groups in total. The van der Waals surface area contributed by atoms with E-state index in [0.29, 0.717) is 22.9 Å². The van der Waals surface area contributed by atoms with Crippen molar-refractivity contribution < 1.29 is 9.47 Å². The minimum Gasteiger partial charge on any atom is -0.373 e. The smallest absolute Gasteiger partial charge is 0.0863 e. The predicted molar refractivity (Wildman–Crippen MR) is 72.3 cm³/mol. The lowest BCUT2D eigenvalue weighted by atomic mass is 10.1. The Kier molecular flexibility index (Phi) is 4.89. The monoisotopic (exact) mass is 262 g/mol. The summed E-state index contributed by atoms with van der Waals surface area (Å²) in [5.41, 5.74) is 0. The molecule has 2 fully saturated rings. The average Bonchev–Trinajstić information content (AvgIpc) is 2.59. The van der Waals surface area contributed by atoms with Gasteiger partial charge in [0.1, 0.15) is 0 Å². The Labute approximate surface area is 107 Å². The molecule has 2 unspecified atom stereocenters. The van der Waals surface area contributed by atoms with Gasteiger partial charge < -0.3 is 9.47 Å². The van der Waals surface area contributed by atoms with E-state index in [0.717, 1.165) is 6.42 Å². The molecule has 0 bridgehead atoms. The van der Waals surface area contributed by atoms with Gasteiger partial charge in [0.15, 0.2) is 0 Å². The first-order chi connectivity index (χ1) is 7.66. The van der Waals surface area contributed by atoms with Gasteiger partial charge in [-0.25, -0.2) is 0 Å². The van der Waals surface area contributed by atoms with Crippen LogP contribution in [0.5, 0.6) is 0 Å². The molecule has 4 heteroatoms. The van der Waals surface area contributed by atoms with Crippen LogP contribution in [0.25, 0.3) is 0 Å². The van der Waals surface area contributed by atoms with Crippen molar-refractivity contribution in [2.24, 2.45) is 0 Å². The molecule has 0 aromatic rings. The molecule has 0 aliphatic carbocycles. The SMILES string of the molecule is CC(OC1C[C@H](C)O[C@@H]1C)C1SCCCS1. The number of thioether (sulfide) groups is 2. The molecular formula is C12H22O2S2. The van der Waals surface area contributed by atoms with Crippen molar-refractivity contribution in [2.45, 2.75) is 62.6 Å². The van der Waals surface area contributed by atoms with Crippen molar-refractivity contribution in [3.8, 4) is 0 Å². The fourth-order valence-electron chi connectivity index (χ4n) is 2.31. The Morgan fingerprint density at radius 1 is 1.25 bits per heavy atom. The molecule has 94 valence electrons. The van der Waals surface area contributed by atoms with Crippen molar-refractivity contribution in [1.82, 2.24) is 0 Å². The molecule has 2 heterocycles. The zero-order valence-electron chi connectivity index (χ0n) is 10.3. The van der Waals surface area contributed by atoms with Gasteiger partial charge in [0.05, 0.1) is 29.0 Å². The molecule has 4 atom stereocenters. The van der Waals surface area contributed by atoms with Crippen LogP contribution in [0.1, 0.15) is 33.6 Å². The van der Waals surface area contributed by atoms with Gasteiger partial charge in [-0.2, -0.15) is 0 Å². The Morgan fingerprint density at radius 3 is 2.50 bits per heavy atom. The topological polar surface area (TPSA) is 18.5 Å². The first-order valence-electron chi connectivity index (χ1n) is 6.21. The molecular weight excluding hydrogens is 240 g/mol. The maximum Gasteiger partial charge on any atom is 0.0863 e. The minimum atomic E-state index is 0.260. The van der Waals surface area contributed by atoms with Crippen molar-refractivity contribution in [1.29, 1.82) is 0 Å². The van der Waals surface area contributed by atoms with E-state index in [-0.39, 0.29) is 6.10 Å². The van der Waals surface area contributed by atoms with E-state index < -0.39 is 0 Å². The minimum absolute atomic E-state index is 0.260. The van der Waals surface area contributed by atoms with Gasteiger partial charge in [0, 0.05) is 6.42 Å². The summed E-state index contributed by atoms with van der Waals surface area (Å²) in [4.78, 5) is 0. The summed E-state index contributed by atoms with van der Waals surface area (Å²) in [5.74, 6) is 2.58. The van der Waals surface area contributed by atoms with Crippen LogP contribution >= 0.6 is 23.5 Å². The standard InChI is InChI=1S/C12H22O2S2/c1-8-7-11(9(2)13-8)14-10(3)12-15-5-4-6-16-12/h8-12H,4-7H2,1-3H3/t8-,9+,10?,11?/m0/s1. The first-order valence-corrected chi connectivity index (χ1v) is 8.30. The Hall–Kier alpha value is 0.620. The second-order valence-electron chi connectivity index (χ2n) is 4.73. The van der Waals surface area contributed by atoms with E-state index in [1.807, 2.05) is 0 Å². The van der Waals surface area contributed by atoms with E-state index >= 15 is 0 Å². The highest BCUT2D eigenvalue weighted by Gasteiger charge is 2.33. The van der Waals surface area contributed by atoms with Crippen molar-refractivity contribution in [3.63, 3.8) is 0 Å². The van der Waals surface area contributed by atoms with Crippen LogP contribution in [-0.2, 0) is 9.47 Å². The normalized spacial score (nSPS) is 38.8. The maximum atomic E-state index is 6.17. The molecule has 0 saturated carbocycles. The molecule has 2 rings (SSSR count). The summed E-state index contributed by atoms with van der Waals surface area (Å²) in [6.45, 7) is 6.47. The van der Waals surface area contributed by atoms with Crippen LogP contribution in [-0.4, -0.2) is 40.5 Å². The van der Waals surface area contributed by atoms with Gasteiger partial charge >= 0.3 is 0 Å². The first kappa shape index (κ1) is 13.1. The second-order valence-corrected chi connectivity index (χ2v) is 7.53. The fraction of sp³-hybridized carbons (Fsp3) is 1.00. The lowest BCUT2D eigenvalue weighted by Gasteiger charge is -2.29. The van der Waals surface area contributed by atoms with Gasteiger partial charge in [-0.15, -0.1) is 23.5 Å². The molecule has 2 nitrogen and oxygen atoms in total. The zero-order valence-corrected chi connectivity index (χ0v) is 12.0. The molecule has 2 aliphatic heterocycles. The van der Waals surface area contributed by atoms with Gasteiger partial charge in [-0.1, -0.05) is 0 Å². The van der Waals surface area contributed by atoms with E-state index in [1.165, 1.54) is 17.9 Å². The van der Waals surface area contributed by atoms with E-state index in [1.54, 1.807) is 0 Å². The summed E-state index contributed by atoms with van der Waals surface area (Å²) in [7, 11) is 0. The van der Waals surface area contributed by atoms with E-state index in [4.69, 9.17) is 9.47 Å². The van der Waals surface area contributed by atoms with Crippen LogP contribution in [0.2, 0.25) is 0 Å². The summed E-state index contributed by atoms with van der Waals surface area (Å²) in [6, 6.07) is 0. The number of rotatable bonds is 3. The van der Waals surface area contributed by atoms with Crippen LogP contribution in [0.15, 0.2) is 0 Å². The zero-order chi connectivity index (χ0) is 11.5. The Balaban J connectivity index is 1.79. The molecule has 0 aromatic heterocycles. The highest BCUT2D eigenvalue weighted by molar-refractivity contribution is 8.17. The summed E-state index contributed by atoms with van der Waals surface area (Å²) >= 11 is 4.11. The largest absolute Gasteiger partial charge is 0.373 e. The molecule has 16 heavy (non-hydrogen) atoms. The van der Waals surface area contributed by atoms with E-state index in [9.17, 15) is 0 Å². The van der Waals surface area contributed by atoms with Crippen molar-refractivity contribution in [2.75, 3.05) is 11.5 Å². The molecule has 0 amide bonds. The van der Waals surface area contributed by atoms with Crippen LogP contribution < -0.4 is 0 Å². The van der Waals surface area contributed by atoms with Gasteiger partial charge in [-0.3, -0.25) is 0 Å².